The summed E-state index contributed by atoms with van der Waals surface area (Å²) >= 11 is 0. The Kier molecular flexibility index (Phi) is 4.67. The molecule has 0 aromatic carbocycles. The zero-order valence-corrected chi connectivity index (χ0v) is 11.7. The van der Waals surface area contributed by atoms with Crippen molar-refractivity contribution in [3.8, 4) is 0 Å². The van der Waals surface area contributed by atoms with Crippen molar-refractivity contribution < 1.29 is 4.79 Å². The van der Waals surface area contributed by atoms with Crippen LogP contribution in [0.3, 0.4) is 0 Å². The van der Waals surface area contributed by atoms with E-state index >= 15 is 0 Å². The molecule has 0 fully saturated rings. The summed E-state index contributed by atoms with van der Waals surface area (Å²) in [6.45, 7) is 4.74. The molecule has 0 aliphatic carbocycles. The quantitative estimate of drug-likeness (QED) is 0.824. The number of carbonyl (C=O) groups excluding carboxylic acids is 1. The lowest BCUT2D eigenvalue weighted by atomic mass is 10.0. The molecule has 0 atom stereocenters. The lowest BCUT2D eigenvalue weighted by Crippen LogP contribution is -2.48. The third-order valence-electron chi connectivity index (χ3n) is 3.18. The number of aromatic nitrogens is 1. The van der Waals surface area contributed by atoms with Gasteiger partial charge in [-0.25, -0.2) is 4.98 Å². The summed E-state index contributed by atoms with van der Waals surface area (Å²) in [4.78, 5) is 18.3. The molecule has 0 spiro atoms. The van der Waals surface area contributed by atoms with Gasteiger partial charge in [0.2, 0.25) is 0 Å². The molecule has 0 aliphatic heterocycles. The number of anilines is 1. The first kappa shape index (κ1) is 14.4. The summed E-state index contributed by atoms with van der Waals surface area (Å²) in [5.74, 6) is 0.486. The van der Waals surface area contributed by atoms with Crippen LogP contribution < -0.4 is 10.6 Å². The van der Waals surface area contributed by atoms with E-state index in [-0.39, 0.29) is 11.4 Å². The standard InChI is InChI=1S/C13H22N4O/c1-13(2,17(4)5)9-16-12(18)10-7-6-8-15-11(10)14-3/h6-8H,9H2,1-5H3,(H,14,15)(H,16,18). The van der Waals surface area contributed by atoms with Crippen LogP contribution in [0.15, 0.2) is 18.3 Å². The second kappa shape index (κ2) is 5.82. The first-order valence-electron chi connectivity index (χ1n) is 5.97. The number of nitrogens with one attached hydrogen (secondary N) is 2. The van der Waals surface area contributed by atoms with Crippen LogP contribution in [0.2, 0.25) is 0 Å². The first-order chi connectivity index (χ1) is 8.38. The van der Waals surface area contributed by atoms with Crippen molar-refractivity contribution in [2.75, 3.05) is 33.0 Å². The van der Waals surface area contributed by atoms with Crippen LogP contribution >= 0.6 is 0 Å². The second-order valence-corrected chi connectivity index (χ2v) is 5.04. The Bertz CT molecular complexity index is 415. The fraction of sp³-hybridized carbons (Fsp3) is 0.538. The van der Waals surface area contributed by atoms with Gasteiger partial charge >= 0.3 is 0 Å². The average Bonchev–Trinajstić information content (AvgIpc) is 2.35. The third kappa shape index (κ3) is 3.43. The molecule has 1 aromatic rings. The van der Waals surface area contributed by atoms with Gasteiger partial charge in [-0.1, -0.05) is 0 Å². The van der Waals surface area contributed by atoms with Crippen LogP contribution in [0.4, 0.5) is 5.82 Å². The van der Waals surface area contributed by atoms with E-state index in [1.807, 2.05) is 14.1 Å². The first-order valence-corrected chi connectivity index (χ1v) is 5.97. The van der Waals surface area contributed by atoms with Gasteiger partial charge in [0.05, 0.1) is 5.56 Å². The molecule has 5 heteroatoms. The minimum absolute atomic E-state index is 0.0856. The van der Waals surface area contributed by atoms with Crippen molar-refractivity contribution in [2.24, 2.45) is 0 Å². The highest BCUT2D eigenvalue weighted by atomic mass is 16.1. The number of nitrogens with zero attached hydrogens (tertiary/aromatic N) is 2. The van der Waals surface area contributed by atoms with Crippen LogP contribution in [0.5, 0.6) is 0 Å². The largest absolute Gasteiger partial charge is 0.372 e. The highest BCUT2D eigenvalue weighted by Crippen LogP contribution is 2.12. The van der Waals surface area contributed by atoms with Crippen molar-refractivity contribution in [3.63, 3.8) is 0 Å². The number of amides is 1. The molecule has 5 nitrogen and oxygen atoms in total. The number of carbonyl (C=O) groups is 1. The number of likely N-dealkylation sites (N-methyl/N-ethyl adjacent to an activating group) is 1. The monoisotopic (exact) mass is 250 g/mol. The summed E-state index contributed by atoms with van der Waals surface area (Å²) in [5, 5.41) is 5.85. The normalized spacial score (nSPS) is 11.4. The molecule has 100 valence electrons. The molecule has 1 rings (SSSR count). The predicted molar refractivity (Wildman–Crippen MR) is 73.9 cm³/mol. The van der Waals surface area contributed by atoms with Gasteiger partial charge in [0, 0.05) is 25.3 Å². The van der Waals surface area contributed by atoms with Crippen molar-refractivity contribution in [3.05, 3.63) is 23.9 Å². The summed E-state index contributed by atoms with van der Waals surface area (Å²) < 4.78 is 0. The Labute approximate surface area is 109 Å². The van der Waals surface area contributed by atoms with E-state index in [1.165, 1.54) is 0 Å². The molecule has 0 unspecified atom stereocenters. The van der Waals surface area contributed by atoms with Crippen molar-refractivity contribution >= 4 is 11.7 Å². The molecule has 0 radical (unpaired) electrons. The van der Waals surface area contributed by atoms with Crippen molar-refractivity contribution in [1.82, 2.24) is 15.2 Å². The van der Waals surface area contributed by atoms with E-state index < -0.39 is 0 Å². The zero-order valence-electron chi connectivity index (χ0n) is 11.7. The molecule has 0 saturated heterocycles. The van der Waals surface area contributed by atoms with Gasteiger partial charge in [-0.2, -0.15) is 0 Å². The SMILES string of the molecule is CNc1ncccc1C(=O)NCC(C)(C)N(C)C. The number of rotatable bonds is 5. The smallest absolute Gasteiger partial charge is 0.255 e. The lowest BCUT2D eigenvalue weighted by Gasteiger charge is -2.32. The Morgan fingerprint density at radius 3 is 2.67 bits per heavy atom. The van der Waals surface area contributed by atoms with Crippen LogP contribution in [-0.2, 0) is 0 Å². The molecule has 0 aliphatic rings. The molecular weight excluding hydrogens is 228 g/mol. The second-order valence-electron chi connectivity index (χ2n) is 5.04. The Morgan fingerprint density at radius 2 is 2.11 bits per heavy atom. The molecular formula is C13H22N4O. The van der Waals surface area contributed by atoms with Gasteiger partial charge in [0.25, 0.3) is 5.91 Å². The Balaban J connectivity index is 2.72. The molecule has 1 amide bonds. The van der Waals surface area contributed by atoms with E-state index in [4.69, 9.17) is 0 Å². The Hall–Kier alpha value is -1.62. The summed E-state index contributed by atoms with van der Waals surface area (Å²) in [7, 11) is 5.74. The summed E-state index contributed by atoms with van der Waals surface area (Å²) in [5.41, 5.74) is 0.479. The van der Waals surface area contributed by atoms with Gasteiger partial charge in [-0.15, -0.1) is 0 Å². The molecule has 2 N–H and O–H groups in total. The fourth-order valence-corrected chi connectivity index (χ4v) is 1.34. The highest BCUT2D eigenvalue weighted by molar-refractivity contribution is 5.98. The van der Waals surface area contributed by atoms with E-state index in [0.29, 0.717) is 17.9 Å². The zero-order chi connectivity index (χ0) is 13.8. The molecule has 1 aromatic heterocycles. The van der Waals surface area contributed by atoms with E-state index in [2.05, 4.69) is 34.4 Å². The third-order valence-corrected chi connectivity index (χ3v) is 3.18. The number of pyridine rings is 1. The summed E-state index contributed by atoms with van der Waals surface area (Å²) in [6, 6.07) is 3.52. The van der Waals surface area contributed by atoms with Gasteiger partial charge in [-0.3, -0.25) is 4.79 Å². The van der Waals surface area contributed by atoms with Crippen LogP contribution in [0, 0.1) is 0 Å². The van der Waals surface area contributed by atoms with Gasteiger partial charge in [0.1, 0.15) is 5.82 Å². The molecule has 18 heavy (non-hydrogen) atoms. The topological polar surface area (TPSA) is 57.3 Å². The number of hydrogen-bond acceptors (Lipinski definition) is 4. The van der Waals surface area contributed by atoms with E-state index in [1.54, 1.807) is 25.4 Å². The maximum absolute atomic E-state index is 12.1. The van der Waals surface area contributed by atoms with E-state index in [9.17, 15) is 4.79 Å². The number of hydrogen-bond donors (Lipinski definition) is 2. The van der Waals surface area contributed by atoms with Crippen LogP contribution in [0.1, 0.15) is 24.2 Å². The summed E-state index contributed by atoms with van der Waals surface area (Å²) in [6.07, 6.45) is 1.66. The fourth-order valence-electron chi connectivity index (χ4n) is 1.34. The lowest BCUT2D eigenvalue weighted by molar-refractivity contribution is 0.0920. The van der Waals surface area contributed by atoms with Crippen molar-refractivity contribution in [2.45, 2.75) is 19.4 Å². The minimum Gasteiger partial charge on any atom is -0.372 e. The average molecular weight is 250 g/mol. The van der Waals surface area contributed by atoms with Crippen LogP contribution in [0.25, 0.3) is 0 Å². The molecule has 0 bridgehead atoms. The maximum Gasteiger partial charge on any atom is 0.255 e. The van der Waals surface area contributed by atoms with Crippen molar-refractivity contribution in [1.29, 1.82) is 0 Å². The maximum atomic E-state index is 12.1. The van der Waals surface area contributed by atoms with Gasteiger partial charge in [-0.05, 0) is 40.1 Å². The Morgan fingerprint density at radius 1 is 1.44 bits per heavy atom. The van der Waals surface area contributed by atoms with Crippen LogP contribution in [-0.4, -0.2) is 49.0 Å². The van der Waals surface area contributed by atoms with Gasteiger partial charge in [0.15, 0.2) is 0 Å². The minimum atomic E-state index is -0.109. The van der Waals surface area contributed by atoms with Gasteiger partial charge < -0.3 is 15.5 Å². The van der Waals surface area contributed by atoms with E-state index in [0.717, 1.165) is 0 Å². The highest BCUT2D eigenvalue weighted by Gasteiger charge is 2.22. The molecule has 0 saturated carbocycles. The molecule has 1 heterocycles. The predicted octanol–water partition coefficient (Wildman–Crippen LogP) is 1.19.